The number of carbonyl (C=O) groups excluding carboxylic acids is 1. The Balaban J connectivity index is 1.53. The number of carbonyl (C=O) groups is 1. The van der Waals surface area contributed by atoms with Crippen molar-refractivity contribution in [2.75, 3.05) is 13.6 Å². The number of urea groups is 1. The molecule has 41 heavy (non-hydrogen) atoms. The molecule has 0 radical (unpaired) electrons. The smallest absolute Gasteiger partial charge is 0.341 e. The molecule has 1 aliphatic heterocycles. The summed E-state index contributed by atoms with van der Waals surface area (Å²) >= 11 is 0. The zero-order valence-corrected chi connectivity index (χ0v) is 22.5. The second kappa shape index (κ2) is 9.81. The van der Waals surface area contributed by atoms with Crippen LogP contribution in [-0.4, -0.2) is 54.8 Å². The monoisotopic (exact) mass is 573 g/mol. The van der Waals surface area contributed by atoms with Crippen molar-refractivity contribution >= 4 is 16.9 Å². The Kier molecular flexibility index (Phi) is 6.50. The quantitative estimate of drug-likeness (QED) is 0.307. The minimum absolute atomic E-state index is 0.175. The average Bonchev–Trinajstić information content (AvgIpc) is 3.54. The van der Waals surface area contributed by atoms with E-state index >= 15 is 0 Å². The third-order valence-electron chi connectivity index (χ3n) is 8.02. The van der Waals surface area contributed by atoms with Gasteiger partial charge in [0.15, 0.2) is 0 Å². The van der Waals surface area contributed by atoms with Crippen LogP contribution in [0.2, 0.25) is 0 Å². The first-order valence-electron chi connectivity index (χ1n) is 13.4. The van der Waals surface area contributed by atoms with E-state index in [2.05, 4.69) is 15.4 Å². The summed E-state index contributed by atoms with van der Waals surface area (Å²) in [7, 11) is 3.14. The summed E-state index contributed by atoms with van der Waals surface area (Å²) in [5.74, 6) is -2.30. The summed E-state index contributed by atoms with van der Waals surface area (Å²) in [5.41, 5.74) is 0.980. The largest absolute Gasteiger partial charge is 0.418 e. The molecule has 0 spiro atoms. The van der Waals surface area contributed by atoms with Gasteiger partial charge in [0.25, 0.3) is 0 Å². The first kappa shape index (κ1) is 27.2. The van der Waals surface area contributed by atoms with Crippen molar-refractivity contribution in [3.8, 4) is 22.5 Å². The third-order valence-corrected chi connectivity index (χ3v) is 8.02. The maximum absolute atomic E-state index is 14.4. The summed E-state index contributed by atoms with van der Waals surface area (Å²) in [6, 6.07) is 5.84. The van der Waals surface area contributed by atoms with Gasteiger partial charge in [0.1, 0.15) is 5.82 Å². The molecule has 1 aromatic carbocycles. The van der Waals surface area contributed by atoms with Gasteiger partial charge in [0.05, 0.1) is 40.9 Å². The van der Waals surface area contributed by atoms with E-state index in [9.17, 15) is 26.7 Å². The predicted octanol–water partition coefficient (Wildman–Crippen LogP) is 5.97. The summed E-state index contributed by atoms with van der Waals surface area (Å²) in [4.78, 5) is 23.5. The van der Waals surface area contributed by atoms with Gasteiger partial charge in [-0.05, 0) is 25.0 Å². The van der Waals surface area contributed by atoms with E-state index in [4.69, 9.17) is 4.98 Å². The molecule has 3 aromatic heterocycles. The lowest BCUT2D eigenvalue weighted by Crippen LogP contribution is -2.43. The van der Waals surface area contributed by atoms with Crippen LogP contribution < -0.4 is 5.32 Å². The van der Waals surface area contributed by atoms with Gasteiger partial charge in [0.2, 0.25) is 5.92 Å². The molecule has 1 fully saturated rings. The first-order chi connectivity index (χ1) is 19.4. The first-order valence-corrected chi connectivity index (χ1v) is 13.4. The summed E-state index contributed by atoms with van der Waals surface area (Å²) in [6.07, 6.45) is -1.86. The number of aryl methyl sites for hydroxylation is 1. The van der Waals surface area contributed by atoms with Crippen molar-refractivity contribution in [3.63, 3.8) is 0 Å². The van der Waals surface area contributed by atoms with Gasteiger partial charge in [-0.3, -0.25) is 4.68 Å². The Bertz CT molecular complexity index is 1630. The third kappa shape index (κ3) is 4.91. The Labute approximate surface area is 232 Å². The molecule has 8 nitrogen and oxygen atoms in total. The van der Waals surface area contributed by atoms with Crippen LogP contribution in [0, 0.1) is 0 Å². The lowest BCUT2D eigenvalue weighted by molar-refractivity contribution is -0.137. The summed E-state index contributed by atoms with van der Waals surface area (Å²) in [5, 5.41) is 6.88. The molecule has 1 aliphatic carbocycles. The van der Waals surface area contributed by atoms with E-state index in [1.807, 2.05) is 4.57 Å². The molecule has 1 N–H and O–H groups in total. The van der Waals surface area contributed by atoms with Crippen molar-refractivity contribution in [1.29, 1.82) is 0 Å². The minimum atomic E-state index is -4.69. The maximum atomic E-state index is 14.4. The molecule has 2 aliphatic rings. The van der Waals surface area contributed by atoms with E-state index in [-0.39, 0.29) is 60.8 Å². The molecule has 6 rings (SSSR count). The number of pyridine rings is 1. The van der Waals surface area contributed by atoms with Crippen LogP contribution in [0.4, 0.5) is 26.7 Å². The van der Waals surface area contributed by atoms with E-state index in [0.717, 1.165) is 6.07 Å². The number of rotatable bonds is 3. The number of halogens is 5. The number of benzene rings is 1. The Morgan fingerprint density at radius 1 is 1.10 bits per heavy atom. The summed E-state index contributed by atoms with van der Waals surface area (Å²) < 4.78 is 74.4. The fourth-order valence-corrected chi connectivity index (χ4v) is 5.93. The van der Waals surface area contributed by atoms with Gasteiger partial charge >= 0.3 is 12.2 Å². The zero-order valence-electron chi connectivity index (χ0n) is 22.5. The Morgan fingerprint density at radius 3 is 2.51 bits per heavy atom. The van der Waals surface area contributed by atoms with Gasteiger partial charge in [-0.1, -0.05) is 12.1 Å². The number of hydrogen-bond acceptors (Lipinski definition) is 4. The molecule has 216 valence electrons. The van der Waals surface area contributed by atoms with Crippen molar-refractivity contribution in [3.05, 3.63) is 53.7 Å². The molecule has 4 aromatic rings. The Hall–Kier alpha value is -4.03. The molecule has 4 heterocycles. The van der Waals surface area contributed by atoms with Gasteiger partial charge < -0.3 is 14.8 Å². The molecule has 13 heteroatoms. The molecule has 0 unspecified atom stereocenters. The van der Waals surface area contributed by atoms with Crippen molar-refractivity contribution in [1.82, 2.24) is 34.5 Å². The van der Waals surface area contributed by atoms with Crippen LogP contribution in [-0.2, 0) is 26.3 Å². The van der Waals surface area contributed by atoms with Gasteiger partial charge in [-0.15, -0.1) is 0 Å². The second-order valence-corrected chi connectivity index (χ2v) is 10.7. The Morgan fingerprint density at radius 2 is 1.85 bits per heavy atom. The molecule has 0 saturated heterocycles. The van der Waals surface area contributed by atoms with Crippen LogP contribution in [0.1, 0.15) is 48.7 Å². The number of amides is 2. The van der Waals surface area contributed by atoms with E-state index in [0.29, 0.717) is 41.4 Å². The number of alkyl halides is 5. The standard InChI is InChI=1S/C28H28F5N7O/c1-34-26(41)39-10-11-40-22(15-39)24(37-25(40)16-6-8-27(29,30)9-7-16)18-4-3-5-21-19(18)12-20(28(31,32)33)23(36-21)17-13-35-38(2)14-17/h3-5,12-14,16H,6-11,15H2,1-2H3,(H,34,41). The van der Waals surface area contributed by atoms with Crippen LogP contribution >= 0.6 is 0 Å². The number of imidazole rings is 1. The highest BCUT2D eigenvalue weighted by molar-refractivity contribution is 5.96. The normalized spacial score (nSPS) is 17.6. The van der Waals surface area contributed by atoms with Crippen molar-refractivity contribution in [2.24, 2.45) is 7.05 Å². The lowest BCUT2D eigenvalue weighted by atomic mass is 9.86. The van der Waals surface area contributed by atoms with Crippen LogP contribution in [0.15, 0.2) is 36.7 Å². The van der Waals surface area contributed by atoms with Gasteiger partial charge in [-0.2, -0.15) is 18.3 Å². The second-order valence-electron chi connectivity index (χ2n) is 10.7. The van der Waals surface area contributed by atoms with Crippen LogP contribution in [0.25, 0.3) is 33.4 Å². The van der Waals surface area contributed by atoms with Gasteiger partial charge in [0, 0.05) is 68.7 Å². The van der Waals surface area contributed by atoms with Gasteiger partial charge in [-0.25, -0.2) is 23.5 Å². The average molecular weight is 574 g/mol. The minimum Gasteiger partial charge on any atom is -0.341 e. The topological polar surface area (TPSA) is 80.9 Å². The molecule has 0 bridgehead atoms. The maximum Gasteiger partial charge on any atom is 0.418 e. The van der Waals surface area contributed by atoms with Crippen LogP contribution in [0.3, 0.4) is 0 Å². The molecular weight excluding hydrogens is 545 g/mol. The highest BCUT2D eigenvalue weighted by Gasteiger charge is 2.39. The number of aromatic nitrogens is 5. The fraction of sp³-hybridized carbons (Fsp3) is 0.429. The zero-order chi connectivity index (χ0) is 29.1. The highest BCUT2D eigenvalue weighted by atomic mass is 19.4. The van der Waals surface area contributed by atoms with E-state index in [1.54, 1.807) is 30.1 Å². The van der Waals surface area contributed by atoms with Crippen molar-refractivity contribution < 1.29 is 26.7 Å². The van der Waals surface area contributed by atoms with E-state index < -0.39 is 17.7 Å². The number of nitrogens with zero attached hydrogens (tertiary/aromatic N) is 6. The summed E-state index contributed by atoms with van der Waals surface area (Å²) in [6.45, 7) is 0.969. The lowest BCUT2D eigenvalue weighted by Gasteiger charge is -2.32. The fourth-order valence-electron chi connectivity index (χ4n) is 5.93. The molecule has 2 amide bonds. The van der Waals surface area contributed by atoms with Crippen LogP contribution in [0.5, 0.6) is 0 Å². The highest BCUT2D eigenvalue weighted by Crippen LogP contribution is 2.44. The predicted molar refractivity (Wildman–Crippen MR) is 141 cm³/mol. The number of fused-ring (bicyclic) bond motifs is 2. The molecule has 0 atom stereocenters. The molecular formula is C28H28F5N7O. The molecule has 1 saturated carbocycles. The number of nitrogens with one attached hydrogen (secondary N) is 1. The van der Waals surface area contributed by atoms with Crippen molar-refractivity contribution in [2.45, 2.75) is 56.8 Å². The number of hydrogen-bond donors (Lipinski definition) is 1. The SMILES string of the molecule is CNC(=O)N1CCn2c(C3CCC(F)(F)CC3)nc(-c3cccc4nc(-c5cnn(C)c5)c(C(F)(F)F)cc34)c2C1. The van der Waals surface area contributed by atoms with E-state index in [1.165, 1.54) is 24.1 Å².